The second kappa shape index (κ2) is 12.9. The summed E-state index contributed by atoms with van der Waals surface area (Å²) >= 11 is 3.64. The number of ketones is 1. The molecular weight excluding hydrogens is 641 g/mol. The number of fused-ring (bicyclic) bond motifs is 4. The molecule has 3 aromatic heterocycles. The quantitative estimate of drug-likeness (QED) is 0.229. The fourth-order valence-corrected chi connectivity index (χ4v) is 10.5. The van der Waals surface area contributed by atoms with Gasteiger partial charge in [0.1, 0.15) is 39.1 Å². The number of methoxy groups -OCH3 is 3. The van der Waals surface area contributed by atoms with Crippen molar-refractivity contribution in [3.05, 3.63) is 59.4 Å². The highest BCUT2D eigenvalue weighted by molar-refractivity contribution is 8.05. The van der Waals surface area contributed by atoms with Crippen molar-refractivity contribution in [3.63, 3.8) is 0 Å². The van der Waals surface area contributed by atoms with Crippen LogP contribution in [0.5, 0.6) is 17.2 Å². The molecule has 2 aliphatic rings. The van der Waals surface area contributed by atoms with Crippen molar-refractivity contribution in [3.8, 4) is 23.2 Å². The van der Waals surface area contributed by atoms with E-state index < -0.39 is 4.87 Å². The molecule has 0 amide bonds. The van der Waals surface area contributed by atoms with Gasteiger partial charge in [0.2, 0.25) is 5.95 Å². The Balaban J connectivity index is 0.00000217. The van der Waals surface area contributed by atoms with Crippen molar-refractivity contribution < 1.29 is 34.5 Å². The van der Waals surface area contributed by atoms with E-state index in [4.69, 9.17) is 24.2 Å². The molecular formula is C33H41N6O6S2+. The first-order valence-electron chi connectivity index (χ1n) is 14.9. The zero-order valence-corrected chi connectivity index (χ0v) is 29.1. The van der Waals surface area contributed by atoms with E-state index in [-0.39, 0.29) is 28.2 Å². The Labute approximate surface area is 281 Å². The van der Waals surface area contributed by atoms with E-state index in [9.17, 15) is 4.79 Å². The van der Waals surface area contributed by atoms with Gasteiger partial charge < -0.3 is 35.0 Å². The lowest BCUT2D eigenvalue weighted by Gasteiger charge is -2.48. The first-order valence-corrected chi connectivity index (χ1v) is 17.0. The summed E-state index contributed by atoms with van der Waals surface area (Å²) in [4.78, 5) is 32.6. The highest BCUT2D eigenvalue weighted by Gasteiger charge is 2.61. The molecule has 2 bridgehead atoms. The van der Waals surface area contributed by atoms with Crippen LogP contribution in [-0.2, 0) is 10.5 Å². The fraction of sp³-hybridized carbons (Fsp3) is 0.394. The fourth-order valence-electron chi connectivity index (χ4n) is 6.80. The number of aryl methyl sites for hydroxylation is 1. The molecule has 2 aliphatic heterocycles. The predicted octanol–water partition coefficient (Wildman–Crippen LogP) is 4.07. The smallest absolute Gasteiger partial charge is 0.402 e. The van der Waals surface area contributed by atoms with E-state index >= 15 is 0 Å². The Morgan fingerprint density at radius 2 is 1.62 bits per heavy atom. The number of nitrogens with zero attached hydrogens (tertiary/aromatic N) is 4. The Morgan fingerprint density at radius 3 is 2.26 bits per heavy atom. The van der Waals surface area contributed by atoms with Crippen LogP contribution in [0.3, 0.4) is 0 Å². The number of piperidine rings is 1. The van der Waals surface area contributed by atoms with Crippen LogP contribution in [0, 0.1) is 25.7 Å². The third-order valence-corrected chi connectivity index (χ3v) is 12.7. The molecule has 4 unspecified atom stereocenters. The SMILES string of the molecule is COc1ccc2nc(N3C4SCC3(SCc3c(C)c(OC)c(C)c[n+]3-c3nc5ccc(OC)cc5[nH]3)C(C)C(=O)C4C)[nH]c2c1.O.O. The highest BCUT2D eigenvalue weighted by atomic mass is 32.2. The van der Waals surface area contributed by atoms with Crippen LogP contribution in [-0.4, -0.2) is 74.0 Å². The summed E-state index contributed by atoms with van der Waals surface area (Å²) in [5.41, 5.74) is 6.60. The van der Waals surface area contributed by atoms with Gasteiger partial charge in [0.05, 0.1) is 49.7 Å². The molecule has 0 aliphatic carbocycles. The van der Waals surface area contributed by atoms with Gasteiger partial charge >= 0.3 is 5.95 Å². The van der Waals surface area contributed by atoms with E-state index in [0.29, 0.717) is 17.5 Å². The molecule has 2 fully saturated rings. The molecule has 14 heteroatoms. The number of benzene rings is 2. The van der Waals surface area contributed by atoms with E-state index in [1.165, 1.54) is 0 Å². The van der Waals surface area contributed by atoms with Gasteiger partial charge in [0.15, 0.2) is 5.52 Å². The number of nitrogens with one attached hydrogen (secondary N) is 2. The number of aromatic amines is 2. The minimum absolute atomic E-state index is 0. The predicted molar refractivity (Wildman–Crippen MR) is 186 cm³/mol. The number of aromatic nitrogens is 5. The number of pyridine rings is 1. The number of imidazole rings is 2. The van der Waals surface area contributed by atoms with E-state index in [1.54, 1.807) is 33.1 Å². The van der Waals surface area contributed by atoms with Crippen LogP contribution in [0.4, 0.5) is 5.95 Å². The Bertz CT molecular complexity index is 1960. The van der Waals surface area contributed by atoms with Crippen LogP contribution in [0.1, 0.15) is 30.7 Å². The summed E-state index contributed by atoms with van der Waals surface area (Å²) in [7, 11) is 5.03. The largest absolute Gasteiger partial charge is 0.497 e. The number of H-pyrrole nitrogens is 2. The van der Waals surface area contributed by atoms with Crippen LogP contribution in [0.25, 0.3) is 28.0 Å². The van der Waals surface area contributed by atoms with Gasteiger partial charge in [-0.1, -0.05) is 18.8 Å². The lowest BCUT2D eigenvalue weighted by molar-refractivity contribution is -0.611. The summed E-state index contributed by atoms with van der Waals surface area (Å²) in [6.07, 6.45) is 2.07. The molecule has 2 saturated heterocycles. The number of hydrogen-bond acceptors (Lipinski definition) is 9. The standard InChI is InChI=1S/C33H37N6O4S2.2H2O/c1-17-14-38(31-34-23-10-8-21(41-5)12-25(23)36-31)27(18(2)29(17)43-7)15-45-33-16-44-30(19(3)28(40)20(33)4)39(33)32-35-24-11-9-22(42-6)13-26(24)37-32;;/h8-14,19-20,30H,15-16H2,1-7H3,(H,34,36)(H,35,37);2*1H2/q+1;;. The Kier molecular flexibility index (Phi) is 9.43. The zero-order valence-electron chi connectivity index (χ0n) is 27.4. The Hall–Kier alpha value is -3.98. The second-order valence-corrected chi connectivity index (χ2v) is 14.2. The second-order valence-electron chi connectivity index (χ2n) is 11.8. The summed E-state index contributed by atoms with van der Waals surface area (Å²) in [5, 5.41) is -0.0187. The Morgan fingerprint density at radius 1 is 0.979 bits per heavy atom. The summed E-state index contributed by atoms with van der Waals surface area (Å²) in [6.45, 7) is 8.27. The van der Waals surface area contributed by atoms with Gasteiger partial charge in [-0.15, -0.1) is 23.5 Å². The third kappa shape index (κ3) is 5.36. The van der Waals surface area contributed by atoms with Crippen molar-refractivity contribution in [1.29, 1.82) is 0 Å². The van der Waals surface area contributed by atoms with Gasteiger partial charge in [-0.05, 0) is 38.1 Å². The number of rotatable bonds is 8. The van der Waals surface area contributed by atoms with Crippen LogP contribution in [0.15, 0.2) is 42.6 Å². The van der Waals surface area contributed by atoms with Crippen molar-refractivity contribution in [2.24, 2.45) is 11.8 Å². The summed E-state index contributed by atoms with van der Waals surface area (Å²) < 4.78 is 18.9. The topological polar surface area (TPSA) is 172 Å². The molecule has 0 radical (unpaired) electrons. The van der Waals surface area contributed by atoms with Crippen molar-refractivity contribution >= 4 is 57.3 Å². The van der Waals surface area contributed by atoms with E-state index in [2.05, 4.69) is 46.4 Å². The van der Waals surface area contributed by atoms with Crippen LogP contribution < -0.4 is 23.7 Å². The first kappa shape index (κ1) is 34.4. The maximum absolute atomic E-state index is 13.7. The summed E-state index contributed by atoms with van der Waals surface area (Å²) in [5.74, 6) is 5.25. The van der Waals surface area contributed by atoms with Gasteiger partial charge in [-0.2, -0.15) is 0 Å². The molecule has 0 saturated carbocycles. The number of ether oxygens (including phenoxy) is 3. The van der Waals surface area contributed by atoms with Gasteiger partial charge in [0, 0.05) is 40.8 Å². The minimum atomic E-state index is -0.513. The lowest BCUT2D eigenvalue weighted by atomic mass is 9.84. The molecule has 5 aromatic rings. The van der Waals surface area contributed by atoms with Crippen molar-refractivity contribution in [2.45, 2.75) is 43.7 Å². The van der Waals surface area contributed by atoms with Crippen LogP contribution >= 0.6 is 23.5 Å². The number of carbonyl (C=O) groups excluding carboxylic acids is 1. The number of anilines is 1. The molecule has 47 heavy (non-hydrogen) atoms. The molecule has 250 valence electrons. The number of Topliss-reactive ketones (excluding diaryl/α,β-unsaturated/α-hetero) is 1. The molecule has 0 spiro atoms. The highest BCUT2D eigenvalue weighted by Crippen LogP contribution is 2.57. The van der Waals surface area contributed by atoms with E-state index in [0.717, 1.165) is 67.8 Å². The molecule has 5 heterocycles. The normalized spacial score (nSPS) is 21.9. The average Bonchev–Trinajstić information content (AvgIpc) is 3.75. The van der Waals surface area contributed by atoms with Gasteiger partial charge in [0.25, 0.3) is 0 Å². The third-order valence-electron chi connectivity index (χ3n) is 9.32. The molecule has 2 aromatic carbocycles. The number of carbonyl (C=O) groups is 1. The first-order chi connectivity index (χ1) is 21.7. The molecule has 4 atom stereocenters. The van der Waals surface area contributed by atoms with Gasteiger partial charge in [-0.25, -0.2) is 14.5 Å². The molecule has 12 nitrogen and oxygen atoms in total. The minimum Gasteiger partial charge on any atom is -0.497 e. The average molecular weight is 682 g/mol. The zero-order chi connectivity index (χ0) is 31.6. The van der Waals surface area contributed by atoms with Crippen LogP contribution in [0.2, 0.25) is 0 Å². The molecule has 6 N–H and O–H groups in total. The molecule has 7 rings (SSSR count). The van der Waals surface area contributed by atoms with Crippen molar-refractivity contribution in [2.75, 3.05) is 32.0 Å². The van der Waals surface area contributed by atoms with Crippen molar-refractivity contribution in [1.82, 2.24) is 19.9 Å². The monoisotopic (exact) mass is 681 g/mol. The van der Waals surface area contributed by atoms with Gasteiger partial charge in [-0.3, -0.25) is 4.79 Å². The number of hydrogen-bond donors (Lipinski definition) is 2. The number of thioether (sulfide) groups is 2. The maximum atomic E-state index is 13.7. The maximum Gasteiger partial charge on any atom is 0.402 e. The van der Waals surface area contributed by atoms with E-state index in [1.807, 2.05) is 55.1 Å². The lowest BCUT2D eigenvalue weighted by Crippen LogP contribution is -2.61. The summed E-state index contributed by atoms with van der Waals surface area (Å²) in [6, 6.07) is 11.7.